The third kappa shape index (κ3) is 2.84. The third-order valence-corrected chi connectivity index (χ3v) is 4.38. The van der Waals surface area contributed by atoms with Crippen molar-refractivity contribution in [1.82, 2.24) is 14.9 Å². The predicted molar refractivity (Wildman–Crippen MR) is 77.8 cm³/mol. The number of halogens is 1. The molecule has 104 valence electrons. The molecule has 0 aromatic carbocycles. The van der Waals surface area contributed by atoms with Crippen LogP contribution in [0, 0.1) is 0 Å². The highest BCUT2D eigenvalue weighted by atomic mass is 35.5. The van der Waals surface area contributed by atoms with Crippen molar-refractivity contribution in [2.75, 3.05) is 31.1 Å². The Morgan fingerprint density at radius 1 is 1.26 bits per heavy atom. The normalized spacial score (nSPS) is 24.3. The first kappa shape index (κ1) is 13.1. The maximum Gasteiger partial charge on any atom is 0.134 e. The van der Waals surface area contributed by atoms with Crippen LogP contribution >= 0.6 is 11.6 Å². The minimum atomic E-state index is 0.562. The zero-order valence-electron chi connectivity index (χ0n) is 11.5. The summed E-state index contributed by atoms with van der Waals surface area (Å²) in [5.74, 6) is 1.84. The average molecular weight is 281 g/mol. The van der Waals surface area contributed by atoms with Gasteiger partial charge in [-0.3, -0.25) is 4.90 Å². The standard InChI is InChI=1S/C14H21ClN4/c1-2-13-16-12(15)9-14(17-13)19-8-5-11(10-19)18-6-3-4-7-18/h9,11H,2-8,10H2,1H3. The topological polar surface area (TPSA) is 32.3 Å². The van der Waals surface area contributed by atoms with Gasteiger partial charge in [-0.1, -0.05) is 18.5 Å². The van der Waals surface area contributed by atoms with Gasteiger partial charge in [0.05, 0.1) is 0 Å². The first-order valence-corrected chi connectivity index (χ1v) is 7.66. The summed E-state index contributed by atoms with van der Waals surface area (Å²) >= 11 is 6.08. The minimum Gasteiger partial charge on any atom is -0.355 e. The predicted octanol–water partition coefficient (Wildman–Crippen LogP) is 2.37. The summed E-state index contributed by atoms with van der Waals surface area (Å²) in [5, 5.41) is 0.562. The van der Waals surface area contributed by atoms with Gasteiger partial charge in [0.25, 0.3) is 0 Å². The summed E-state index contributed by atoms with van der Waals surface area (Å²) in [6.07, 6.45) is 4.78. The lowest BCUT2D eigenvalue weighted by Crippen LogP contribution is -2.35. The first-order valence-electron chi connectivity index (χ1n) is 7.28. The Kier molecular flexibility index (Phi) is 3.89. The second-order valence-corrected chi connectivity index (χ2v) is 5.84. The Labute approximate surface area is 119 Å². The van der Waals surface area contributed by atoms with E-state index in [9.17, 15) is 0 Å². The highest BCUT2D eigenvalue weighted by Crippen LogP contribution is 2.25. The highest BCUT2D eigenvalue weighted by Gasteiger charge is 2.30. The molecule has 0 bridgehead atoms. The fourth-order valence-corrected chi connectivity index (χ4v) is 3.32. The zero-order valence-corrected chi connectivity index (χ0v) is 12.2. The number of likely N-dealkylation sites (tertiary alicyclic amines) is 1. The van der Waals surface area contributed by atoms with E-state index in [1.807, 2.05) is 6.07 Å². The van der Waals surface area contributed by atoms with E-state index < -0.39 is 0 Å². The van der Waals surface area contributed by atoms with Crippen molar-refractivity contribution in [3.63, 3.8) is 0 Å². The lowest BCUT2D eigenvalue weighted by atomic mass is 10.2. The van der Waals surface area contributed by atoms with Gasteiger partial charge in [0, 0.05) is 31.6 Å². The summed E-state index contributed by atoms with van der Waals surface area (Å²) < 4.78 is 0. The van der Waals surface area contributed by atoms with Gasteiger partial charge in [-0.2, -0.15) is 0 Å². The number of hydrogen-bond donors (Lipinski definition) is 0. The lowest BCUT2D eigenvalue weighted by molar-refractivity contribution is 0.260. The molecule has 1 unspecified atom stereocenters. The zero-order chi connectivity index (χ0) is 13.2. The van der Waals surface area contributed by atoms with Crippen LogP contribution in [0.5, 0.6) is 0 Å². The van der Waals surface area contributed by atoms with Crippen LogP contribution in [0.15, 0.2) is 6.07 Å². The van der Waals surface area contributed by atoms with Gasteiger partial charge in [0.15, 0.2) is 0 Å². The first-order chi connectivity index (χ1) is 9.26. The molecule has 1 atom stereocenters. The van der Waals surface area contributed by atoms with Crippen LogP contribution in [0.4, 0.5) is 5.82 Å². The number of rotatable bonds is 3. The molecule has 0 saturated carbocycles. The Balaban J connectivity index is 1.71. The van der Waals surface area contributed by atoms with Gasteiger partial charge in [-0.05, 0) is 32.4 Å². The largest absolute Gasteiger partial charge is 0.355 e. The van der Waals surface area contributed by atoms with E-state index in [-0.39, 0.29) is 0 Å². The Morgan fingerprint density at radius 2 is 2.05 bits per heavy atom. The van der Waals surface area contributed by atoms with Gasteiger partial charge < -0.3 is 4.90 Å². The van der Waals surface area contributed by atoms with Crippen LogP contribution in [-0.2, 0) is 6.42 Å². The minimum absolute atomic E-state index is 0.562. The van der Waals surface area contributed by atoms with E-state index in [1.165, 1.54) is 32.4 Å². The molecule has 1 aromatic heterocycles. The van der Waals surface area contributed by atoms with Gasteiger partial charge >= 0.3 is 0 Å². The summed E-state index contributed by atoms with van der Waals surface area (Å²) in [5.41, 5.74) is 0. The third-order valence-electron chi connectivity index (χ3n) is 4.19. The van der Waals surface area contributed by atoms with Gasteiger partial charge in [-0.25, -0.2) is 9.97 Å². The van der Waals surface area contributed by atoms with E-state index in [2.05, 4.69) is 26.7 Å². The van der Waals surface area contributed by atoms with E-state index in [1.54, 1.807) is 0 Å². The molecule has 0 amide bonds. The summed E-state index contributed by atoms with van der Waals surface area (Å²) in [6, 6.07) is 2.59. The monoisotopic (exact) mass is 280 g/mol. The van der Waals surface area contributed by atoms with Crippen LogP contribution in [0.25, 0.3) is 0 Å². The molecule has 2 aliphatic heterocycles. The molecule has 3 heterocycles. The molecule has 4 nitrogen and oxygen atoms in total. The van der Waals surface area contributed by atoms with Crippen molar-refractivity contribution in [3.05, 3.63) is 17.0 Å². The van der Waals surface area contributed by atoms with Gasteiger partial charge in [0.1, 0.15) is 16.8 Å². The second-order valence-electron chi connectivity index (χ2n) is 5.45. The molecular formula is C14H21ClN4. The number of aromatic nitrogens is 2. The average Bonchev–Trinajstić information content (AvgIpc) is 3.08. The number of hydrogen-bond acceptors (Lipinski definition) is 4. The summed E-state index contributed by atoms with van der Waals surface area (Å²) in [7, 11) is 0. The quantitative estimate of drug-likeness (QED) is 0.796. The van der Waals surface area contributed by atoms with E-state index in [0.717, 1.165) is 31.2 Å². The van der Waals surface area contributed by atoms with Gasteiger partial charge in [-0.15, -0.1) is 0 Å². The molecule has 0 radical (unpaired) electrons. The van der Waals surface area contributed by atoms with Crippen LogP contribution in [0.2, 0.25) is 5.15 Å². The number of aryl methyl sites for hydroxylation is 1. The van der Waals surface area contributed by atoms with E-state index >= 15 is 0 Å². The molecule has 2 saturated heterocycles. The molecule has 3 rings (SSSR count). The van der Waals surface area contributed by atoms with Crippen LogP contribution in [-0.4, -0.2) is 47.1 Å². The van der Waals surface area contributed by atoms with E-state index in [0.29, 0.717) is 11.2 Å². The highest BCUT2D eigenvalue weighted by molar-refractivity contribution is 6.29. The van der Waals surface area contributed by atoms with Crippen molar-refractivity contribution in [2.45, 2.75) is 38.6 Å². The molecule has 5 heteroatoms. The van der Waals surface area contributed by atoms with Crippen molar-refractivity contribution in [1.29, 1.82) is 0 Å². The molecule has 0 N–H and O–H groups in total. The van der Waals surface area contributed by atoms with Crippen molar-refractivity contribution in [3.8, 4) is 0 Å². The van der Waals surface area contributed by atoms with Crippen LogP contribution < -0.4 is 4.90 Å². The Bertz CT molecular complexity index is 445. The van der Waals surface area contributed by atoms with Crippen LogP contribution in [0.3, 0.4) is 0 Å². The molecule has 19 heavy (non-hydrogen) atoms. The fourth-order valence-electron chi connectivity index (χ4n) is 3.13. The second kappa shape index (κ2) is 5.63. The Hall–Kier alpha value is -0.870. The lowest BCUT2D eigenvalue weighted by Gasteiger charge is -2.24. The molecule has 0 spiro atoms. The SMILES string of the molecule is CCc1nc(Cl)cc(N2CCC(N3CCCC3)C2)n1. The number of anilines is 1. The molecule has 2 aliphatic rings. The molecular weight excluding hydrogens is 260 g/mol. The Morgan fingerprint density at radius 3 is 2.79 bits per heavy atom. The van der Waals surface area contributed by atoms with Crippen LogP contribution in [0.1, 0.15) is 32.0 Å². The van der Waals surface area contributed by atoms with Crippen molar-refractivity contribution >= 4 is 17.4 Å². The molecule has 0 aliphatic carbocycles. The van der Waals surface area contributed by atoms with Gasteiger partial charge in [0.2, 0.25) is 0 Å². The maximum absolute atomic E-state index is 6.08. The molecule has 1 aromatic rings. The van der Waals surface area contributed by atoms with Crippen molar-refractivity contribution in [2.24, 2.45) is 0 Å². The smallest absolute Gasteiger partial charge is 0.134 e. The van der Waals surface area contributed by atoms with Crippen molar-refractivity contribution < 1.29 is 0 Å². The number of nitrogens with zero attached hydrogens (tertiary/aromatic N) is 4. The fraction of sp³-hybridized carbons (Fsp3) is 0.714. The summed E-state index contributed by atoms with van der Waals surface area (Å²) in [4.78, 5) is 13.8. The molecule has 2 fully saturated rings. The van der Waals surface area contributed by atoms with E-state index in [4.69, 9.17) is 11.6 Å². The summed E-state index contributed by atoms with van der Waals surface area (Å²) in [6.45, 7) is 6.76. The maximum atomic E-state index is 6.08.